The molecule has 68 valence electrons. The zero-order valence-electron chi connectivity index (χ0n) is 7.62. The summed E-state index contributed by atoms with van der Waals surface area (Å²) in [5.41, 5.74) is 0. The van der Waals surface area contributed by atoms with E-state index in [-0.39, 0.29) is 4.75 Å². The van der Waals surface area contributed by atoms with Crippen LogP contribution in [0.3, 0.4) is 0 Å². The minimum absolute atomic E-state index is 0.282. The van der Waals surface area contributed by atoms with Gasteiger partial charge in [-0.05, 0) is 17.7 Å². The molecule has 5 heteroatoms. The summed E-state index contributed by atoms with van der Waals surface area (Å²) < 4.78 is 1.33. The number of hydrogen-bond acceptors (Lipinski definition) is 5. The van der Waals surface area contributed by atoms with Crippen LogP contribution in [0.4, 0.5) is 0 Å². The van der Waals surface area contributed by atoms with Crippen LogP contribution in [-0.2, 0) is 0 Å². The van der Waals surface area contributed by atoms with Crippen molar-refractivity contribution in [3.05, 3.63) is 5.01 Å². The molecular formula is C7H12N2S3. The Morgan fingerprint density at radius 3 is 2.33 bits per heavy atom. The van der Waals surface area contributed by atoms with Crippen molar-refractivity contribution in [3.63, 3.8) is 0 Å². The van der Waals surface area contributed by atoms with Gasteiger partial charge in [-0.1, -0.05) is 42.9 Å². The third-order valence-corrected chi connectivity index (χ3v) is 5.35. The molecule has 1 aromatic rings. The average molecular weight is 220 g/mol. The molecule has 0 saturated heterocycles. The van der Waals surface area contributed by atoms with E-state index in [1.165, 1.54) is 0 Å². The van der Waals surface area contributed by atoms with E-state index in [4.69, 9.17) is 0 Å². The minimum Gasteiger partial charge on any atom is -0.143 e. The molecule has 0 N–H and O–H groups in total. The van der Waals surface area contributed by atoms with E-state index < -0.39 is 0 Å². The van der Waals surface area contributed by atoms with Gasteiger partial charge in [0.05, 0.1) is 0 Å². The van der Waals surface area contributed by atoms with Gasteiger partial charge in [0.1, 0.15) is 5.01 Å². The van der Waals surface area contributed by atoms with Crippen LogP contribution in [0.15, 0.2) is 4.34 Å². The summed E-state index contributed by atoms with van der Waals surface area (Å²) in [4.78, 5) is 0. The molecule has 0 saturated carbocycles. The molecule has 1 rings (SSSR count). The van der Waals surface area contributed by atoms with Crippen LogP contribution in [-0.4, -0.2) is 14.9 Å². The summed E-state index contributed by atoms with van der Waals surface area (Å²) in [6, 6.07) is 0. The van der Waals surface area contributed by atoms with Gasteiger partial charge >= 0.3 is 0 Å². The Balaban J connectivity index is 2.44. The number of hydrogen-bond donors (Lipinski definition) is 0. The fraction of sp³-hybridized carbons (Fsp3) is 0.714. The molecule has 0 bridgehead atoms. The molecule has 0 aliphatic heterocycles. The molecule has 12 heavy (non-hydrogen) atoms. The van der Waals surface area contributed by atoms with Gasteiger partial charge < -0.3 is 0 Å². The van der Waals surface area contributed by atoms with Gasteiger partial charge in [-0.25, -0.2) is 0 Å². The van der Waals surface area contributed by atoms with E-state index >= 15 is 0 Å². The molecule has 1 heterocycles. The van der Waals surface area contributed by atoms with E-state index in [9.17, 15) is 0 Å². The summed E-state index contributed by atoms with van der Waals surface area (Å²) in [6.45, 7) is 8.55. The lowest BCUT2D eigenvalue weighted by Crippen LogP contribution is -2.04. The van der Waals surface area contributed by atoms with Crippen LogP contribution >= 0.6 is 32.9 Å². The van der Waals surface area contributed by atoms with Crippen molar-refractivity contribution < 1.29 is 0 Å². The number of aromatic nitrogens is 2. The quantitative estimate of drug-likeness (QED) is 0.714. The smallest absolute Gasteiger partial charge is 0.143 e. The van der Waals surface area contributed by atoms with Crippen LogP contribution in [0, 0.1) is 6.92 Å². The summed E-state index contributed by atoms with van der Waals surface area (Å²) in [5, 5.41) is 9.02. The summed E-state index contributed by atoms with van der Waals surface area (Å²) in [7, 11) is 3.53. The predicted octanol–water partition coefficient (Wildman–Crippen LogP) is 3.39. The van der Waals surface area contributed by atoms with Crippen molar-refractivity contribution in [1.29, 1.82) is 0 Å². The second kappa shape index (κ2) is 3.98. The molecule has 2 nitrogen and oxygen atoms in total. The standard InChI is InChI=1S/C7H12N2S3/c1-5-8-9-6(10-5)11-12-7(2,3)4/h1-4H3. The first-order valence-electron chi connectivity index (χ1n) is 3.63. The van der Waals surface area contributed by atoms with Crippen LogP contribution in [0.1, 0.15) is 25.8 Å². The van der Waals surface area contributed by atoms with Crippen LogP contribution in [0.2, 0.25) is 0 Å². The van der Waals surface area contributed by atoms with Crippen molar-refractivity contribution in [3.8, 4) is 0 Å². The number of aryl methyl sites for hydroxylation is 1. The largest absolute Gasteiger partial charge is 0.184 e. The first-order chi connectivity index (χ1) is 5.47. The second-order valence-corrected chi connectivity index (χ2v) is 7.75. The Hall–Kier alpha value is 0.260. The van der Waals surface area contributed by atoms with Crippen LogP contribution in [0.25, 0.3) is 0 Å². The highest BCUT2D eigenvalue weighted by Crippen LogP contribution is 2.41. The third kappa shape index (κ3) is 3.78. The third-order valence-electron chi connectivity index (χ3n) is 0.870. The molecule has 0 atom stereocenters. The summed E-state index contributed by atoms with van der Waals surface area (Å²) in [5.74, 6) is 0. The van der Waals surface area contributed by atoms with Gasteiger partial charge in [-0.2, -0.15) is 0 Å². The van der Waals surface area contributed by atoms with Crippen LogP contribution in [0.5, 0.6) is 0 Å². The maximum atomic E-state index is 4.03. The molecule has 0 fully saturated rings. The molecule has 0 aliphatic carbocycles. The average Bonchev–Trinajstić information content (AvgIpc) is 2.30. The fourth-order valence-corrected chi connectivity index (χ4v) is 3.46. The van der Waals surface area contributed by atoms with Crippen molar-refractivity contribution in [2.24, 2.45) is 0 Å². The molecule has 0 radical (unpaired) electrons. The normalized spacial score (nSPS) is 12.0. The van der Waals surface area contributed by atoms with Gasteiger partial charge in [-0.3, -0.25) is 0 Å². The first kappa shape index (κ1) is 10.3. The maximum absolute atomic E-state index is 4.03. The zero-order valence-corrected chi connectivity index (χ0v) is 10.1. The van der Waals surface area contributed by atoms with Gasteiger partial charge in [0.25, 0.3) is 0 Å². The maximum Gasteiger partial charge on any atom is 0.184 e. The minimum atomic E-state index is 0.282. The van der Waals surface area contributed by atoms with Gasteiger partial charge in [-0.15, -0.1) is 10.2 Å². The molecular weight excluding hydrogens is 208 g/mol. The molecule has 0 amide bonds. The molecule has 0 spiro atoms. The van der Waals surface area contributed by atoms with E-state index in [0.29, 0.717) is 0 Å². The Kier molecular flexibility index (Phi) is 3.43. The van der Waals surface area contributed by atoms with Gasteiger partial charge in [0.2, 0.25) is 0 Å². The lowest BCUT2D eigenvalue weighted by Gasteiger charge is -2.14. The lowest BCUT2D eigenvalue weighted by atomic mass is 10.3. The van der Waals surface area contributed by atoms with E-state index in [1.54, 1.807) is 22.1 Å². The van der Waals surface area contributed by atoms with E-state index in [2.05, 4.69) is 31.0 Å². The highest BCUT2D eigenvalue weighted by Gasteiger charge is 2.13. The highest BCUT2D eigenvalue weighted by atomic mass is 33.1. The van der Waals surface area contributed by atoms with Crippen molar-refractivity contribution in [2.45, 2.75) is 36.8 Å². The van der Waals surface area contributed by atoms with Crippen molar-refractivity contribution >= 4 is 32.9 Å². The lowest BCUT2D eigenvalue weighted by molar-refractivity contribution is 0.810. The number of rotatable bonds is 2. The van der Waals surface area contributed by atoms with Crippen molar-refractivity contribution in [1.82, 2.24) is 10.2 Å². The number of nitrogens with zero attached hydrogens (tertiary/aromatic N) is 2. The van der Waals surface area contributed by atoms with Crippen LogP contribution < -0.4 is 0 Å². The zero-order chi connectivity index (χ0) is 9.19. The monoisotopic (exact) mass is 220 g/mol. The summed E-state index contributed by atoms with van der Waals surface area (Å²) >= 11 is 1.65. The Morgan fingerprint density at radius 1 is 1.25 bits per heavy atom. The fourth-order valence-electron chi connectivity index (χ4n) is 0.473. The molecule has 0 aromatic carbocycles. The highest BCUT2D eigenvalue weighted by molar-refractivity contribution is 8.77. The summed E-state index contributed by atoms with van der Waals surface area (Å²) in [6.07, 6.45) is 0. The topological polar surface area (TPSA) is 25.8 Å². The Morgan fingerprint density at radius 2 is 1.92 bits per heavy atom. The second-order valence-electron chi connectivity index (χ2n) is 3.37. The predicted molar refractivity (Wildman–Crippen MR) is 57.8 cm³/mol. The SMILES string of the molecule is Cc1nnc(SSC(C)(C)C)s1. The van der Waals surface area contributed by atoms with Crippen molar-refractivity contribution in [2.75, 3.05) is 0 Å². The van der Waals surface area contributed by atoms with Gasteiger partial charge in [0.15, 0.2) is 4.34 Å². The Bertz CT molecular complexity index is 251. The Labute approximate surface area is 85.0 Å². The first-order valence-corrected chi connectivity index (χ1v) is 6.60. The van der Waals surface area contributed by atoms with Gasteiger partial charge in [0, 0.05) is 4.75 Å². The van der Waals surface area contributed by atoms with E-state index in [0.717, 1.165) is 9.35 Å². The molecule has 0 unspecified atom stereocenters. The molecule has 0 aliphatic rings. The molecule has 1 aromatic heterocycles. The van der Waals surface area contributed by atoms with E-state index in [1.807, 2.05) is 17.7 Å².